The topological polar surface area (TPSA) is 64.7 Å². The summed E-state index contributed by atoms with van der Waals surface area (Å²) in [5.74, 6) is 0.109. The van der Waals surface area contributed by atoms with Gasteiger partial charge in [-0.25, -0.2) is 4.79 Å². The fourth-order valence-electron chi connectivity index (χ4n) is 2.78. The third kappa shape index (κ3) is 5.21. The van der Waals surface area contributed by atoms with Crippen molar-refractivity contribution in [3.05, 3.63) is 22.4 Å². The first kappa shape index (κ1) is 17.7. The van der Waals surface area contributed by atoms with E-state index in [2.05, 4.69) is 27.0 Å². The molecule has 128 valence electrons. The molecule has 2 heterocycles. The van der Waals surface area contributed by atoms with Crippen LogP contribution in [0.1, 0.15) is 30.7 Å². The Kier molecular flexibility index (Phi) is 6.41. The second-order valence-corrected chi connectivity index (χ2v) is 7.11. The van der Waals surface area contributed by atoms with Crippen molar-refractivity contribution in [1.29, 1.82) is 0 Å². The molecule has 1 fully saturated rings. The van der Waals surface area contributed by atoms with Crippen molar-refractivity contribution >= 4 is 23.3 Å². The van der Waals surface area contributed by atoms with Crippen LogP contribution in [0.5, 0.6) is 0 Å². The normalized spacial score (nSPS) is 17.1. The molecule has 6 nitrogen and oxygen atoms in total. The van der Waals surface area contributed by atoms with E-state index in [1.807, 2.05) is 25.1 Å². The Hall–Kier alpha value is -1.60. The highest BCUT2D eigenvalue weighted by Crippen LogP contribution is 2.22. The minimum absolute atomic E-state index is 0.109. The Morgan fingerprint density at radius 2 is 2.09 bits per heavy atom. The molecule has 1 aromatic heterocycles. The van der Waals surface area contributed by atoms with Crippen molar-refractivity contribution < 1.29 is 9.59 Å². The summed E-state index contributed by atoms with van der Waals surface area (Å²) in [6.07, 6.45) is 1.63. The van der Waals surface area contributed by atoms with Crippen molar-refractivity contribution in [1.82, 2.24) is 20.4 Å². The average Bonchev–Trinajstić information content (AvgIpc) is 3.01. The number of hydrogen-bond donors (Lipinski definition) is 2. The third-order valence-electron chi connectivity index (χ3n) is 4.23. The highest BCUT2D eigenvalue weighted by molar-refractivity contribution is 7.10. The van der Waals surface area contributed by atoms with Gasteiger partial charge in [-0.2, -0.15) is 0 Å². The highest BCUT2D eigenvalue weighted by Gasteiger charge is 2.22. The first-order valence-corrected chi connectivity index (χ1v) is 8.85. The predicted octanol–water partition coefficient (Wildman–Crippen LogP) is 1.66. The molecule has 2 rings (SSSR count). The van der Waals surface area contributed by atoms with Gasteiger partial charge in [0.15, 0.2) is 0 Å². The molecular formula is C16H26N4O2S. The summed E-state index contributed by atoms with van der Waals surface area (Å²) >= 11 is 1.70. The zero-order chi connectivity index (χ0) is 16.8. The maximum atomic E-state index is 12.1. The van der Waals surface area contributed by atoms with Gasteiger partial charge in [-0.1, -0.05) is 6.07 Å². The lowest BCUT2D eigenvalue weighted by molar-refractivity contribution is -0.129. The summed E-state index contributed by atoms with van der Waals surface area (Å²) in [7, 11) is 4.03. The van der Waals surface area contributed by atoms with Crippen molar-refractivity contribution in [2.75, 3.05) is 33.7 Å². The largest absolute Gasteiger partial charge is 0.343 e. The fraction of sp³-hybridized carbons (Fsp3) is 0.625. The number of amides is 3. The van der Waals surface area contributed by atoms with Crippen LogP contribution in [0.2, 0.25) is 0 Å². The van der Waals surface area contributed by atoms with Crippen LogP contribution < -0.4 is 10.6 Å². The van der Waals surface area contributed by atoms with Gasteiger partial charge in [0.25, 0.3) is 0 Å². The van der Waals surface area contributed by atoms with E-state index < -0.39 is 0 Å². The van der Waals surface area contributed by atoms with Crippen LogP contribution in [0.25, 0.3) is 0 Å². The number of carbonyl (C=O) groups is 2. The van der Waals surface area contributed by atoms with Gasteiger partial charge in [-0.05, 0) is 38.4 Å². The van der Waals surface area contributed by atoms with Gasteiger partial charge in [0.1, 0.15) is 0 Å². The van der Waals surface area contributed by atoms with Crippen molar-refractivity contribution in [2.45, 2.75) is 31.8 Å². The molecule has 7 heteroatoms. The molecule has 0 radical (unpaired) electrons. The van der Waals surface area contributed by atoms with E-state index in [0.29, 0.717) is 6.54 Å². The van der Waals surface area contributed by atoms with Gasteiger partial charge >= 0.3 is 6.03 Å². The lowest BCUT2D eigenvalue weighted by atomic mass is 10.1. The van der Waals surface area contributed by atoms with Crippen molar-refractivity contribution in [3.8, 4) is 0 Å². The smallest absolute Gasteiger partial charge is 0.315 e. The molecule has 0 saturated carbocycles. The van der Waals surface area contributed by atoms with E-state index in [9.17, 15) is 9.59 Å². The van der Waals surface area contributed by atoms with Crippen LogP contribution in [0.4, 0.5) is 4.79 Å². The average molecular weight is 338 g/mol. The maximum absolute atomic E-state index is 12.1. The molecule has 0 bridgehead atoms. The van der Waals surface area contributed by atoms with Crippen molar-refractivity contribution in [3.63, 3.8) is 0 Å². The van der Waals surface area contributed by atoms with Gasteiger partial charge < -0.3 is 20.4 Å². The number of hydrogen-bond acceptors (Lipinski definition) is 4. The lowest BCUT2D eigenvalue weighted by Gasteiger charge is -2.32. The van der Waals surface area contributed by atoms with E-state index in [1.54, 1.807) is 18.3 Å². The first-order valence-electron chi connectivity index (χ1n) is 7.97. The molecule has 0 spiro atoms. The predicted molar refractivity (Wildman–Crippen MR) is 92.6 cm³/mol. The monoisotopic (exact) mass is 338 g/mol. The van der Waals surface area contributed by atoms with Gasteiger partial charge in [0.2, 0.25) is 5.91 Å². The third-order valence-corrected chi connectivity index (χ3v) is 5.20. The summed E-state index contributed by atoms with van der Waals surface area (Å²) in [6.45, 7) is 3.60. The van der Waals surface area contributed by atoms with Gasteiger partial charge in [-0.15, -0.1) is 11.3 Å². The molecule has 1 aliphatic heterocycles. The number of carbonyl (C=O) groups excluding carboxylic acids is 2. The molecule has 0 aromatic carbocycles. The van der Waals surface area contributed by atoms with Crippen molar-refractivity contribution in [2.24, 2.45) is 0 Å². The van der Waals surface area contributed by atoms with Crippen LogP contribution in [0.3, 0.4) is 0 Å². The lowest BCUT2D eigenvalue weighted by Crippen LogP contribution is -2.49. The second-order valence-electron chi connectivity index (χ2n) is 6.13. The summed E-state index contributed by atoms with van der Waals surface area (Å²) in [5, 5.41) is 8.03. The first-order chi connectivity index (χ1) is 11.0. The quantitative estimate of drug-likeness (QED) is 0.858. The maximum Gasteiger partial charge on any atom is 0.315 e. The highest BCUT2D eigenvalue weighted by atomic mass is 32.1. The molecule has 2 N–H and O–H groups in total. The van der Waals surface area contributed by atoms with E-state index in [1.165, 1.54) is 4.88 Å². The number of likely N-dealkylation sites (N-methyl/N-ethyl adjacent to an activating group) is 1. The second kappa shape index (κ2) is 8.31. The molecule has 3 amide bonds. The summed E-state index contributed by atoms with van der Waals surface area (Å²) in [4.78, 5) is 28.6. The molecule has 0 aliphatic carbocycles. The number of nitrogens with zero attached hydrogens (tertiary/aromatic N) is 2. The molecule has 1 aliphatic rings. The Morgan fingerprint density at radius 3 is 2.61 bits per heavy atom. The Balaban J connectivity index is 1.75. The Morgan fingerprint density at radius 1 is 1.39 bits per heavy atom. The SMILES string of the molecule is CC(=O)N1CCC(NC(=O)NCC(c2cccs2)N(C)C)CC1. The number of urea groups is 1. The van der Waals surface area contributed by atoms with Crippen LogP contribution in [0, 0.1) is 0 Å². The minimum atomic E-state index is -0.130. The fourth-order valence-corrected chi connectivity index (χ4v) is 3.71. The molecule has 23 heavy (non-hydrogen) atoms. The summed E-state index contributed by atoms with van der Waals surface area (Å²) < 4.78 is 0. The Bertz CT molecular complexity index is 510. The number of thiophene rings is 1. The summed E-state index contributed by atoms with van der Waals surface area (Å²) in [6, 6.07) is 4.31. The molecule has 1 saturated heterocycles. The van der Waals surface area contributed by atoms with Gasteiger partial charge in [0, 0.05) is 37.5 Å². The number of piperidine rings is 1. The molecular weight excluding hydrogens is 312 g/mol. The number of rotatable bonds is 5. The van der Waals surface area contributed by atoms with E-state index >= 15 is 0 Å². The van der Waals surface area contributed by atoms with Crippen LogP contribution in [-0.2, 0) is 4.79 Å². The molecule has 1 aromatic rings. The zero-order valence-corrected chi connectivity index (χ0v) is 14.9. The number of likely N-dealkylation sites (tertiary alicyclic amines) is 1. The van der Waals surface area contributed by atoms with E-state index in [-0.39, 0.29) is 24.0 Å². The Labute approximate surface area is 141 Å². The van der Waals surface area contributed by atoms with Crippen LogP contribution in [-0.4, -0.2) is 61.5 Å². The molecule has 1 atom stereocenters. The van der Waals surface area contributed by atoms with E-state index in [4.69, 9.17) is 0 Å². The minimum Gasteiger partial charge on any atom is -0.343 e. The van der Waals surface area contributed by atoms with Gasteiger partial charge in [-0.3, -0.25) is 4.79 Å². The zero-order valence-electron chi connectivity index (χ0n) is 14.0. The van der Waals surface area contributed by atoms with Crippen LogP contribution >= 0.6 is 11.3 Å². The number of nitrogens with one attached hydrogen (secondary N) is 2. The summed E-state index contributed by atoms with van der Waals surface area (Å²) in [5.41, 5.74) is 0. The standard InChI is InChI=1S/C16H26N4O2S/c1-12(21)20-8-6-13(7-9-20)18-16(22)17-11-14(19(2)3)15-5-4-10-23-15/h4-5,10,13-14H,6-9,11H2,1-3H3,(H2,17,18,22). The van der Waals surface area contributed by atoms with E-state index in [0.717, 1.165) is 25.9 Å². The van der Waals surface area contributed by atoms with Crippen LogP contribution in [0.15, 0.2) is 17.5 Å². The van der Waals surface area contributed by atoms with Gasteiger partial charge in [0.05, 0.1) is 6.04 Å². The molecule has 1 unspecified atom stereocenters.